The lowest BCUT2D eigenvalue weighted by Crippen LogP contribution is -2.00. The van der Waals surface area contributed by atoms with E-state index in [1.54, 1.807) is 0 Å². The van der Waals surface area contributed by atoms with Crippen LogP contribution in [-0.4, -0.2) is 15.0 Å². The minimum atomic E-state index is -0.658. The van der Waals surface area contributed by atoms with Gasteiger partial charge in [-0.2, -0.15) is 0 Å². The number of nitrogens with zero attached hydrogens (tertiary/aromatic N) is 3. The van der Waals surface area contributed by atoms with Gasteiger partial charge in [0.05, 0.1) is 15.1 Å². The van der Waals surface area contributed by atoms with Gasteiger partial charge in [0.1, 0.15) is 0 Å². The average Bonchev–Trinajstić information content (AvgIpc) is 3.70. The minimum absolute atomic E-state index is 0.00138. The fourth-order valence-corrected chi connectivity index (χ4v) is 6.66. The molecule has 2 heterocycles. The molecule has 4 heteroatoms. The molecule has 3 nitrogen and oxygen atoms in total. The largest absolute Gasteiger partial charge is 0.208 e. The van der Waals surface area contributed by atoms with E-state index in [2.05, 4.69) is 0 Å². The zero-order valence-electron chi connectivity index (χ0n) is 36.6. The summed E-state index contributed by atoms with van der Waals surface area (Å²) in [7, 11) is 0. The van der Waals surface area contributed by atoms with E-state index in [4.69, 9.17) is 24.5 Å². The number of fused-ring (bicyclic) bond motifs is 3. The van der Waals surface area contributed by atoms with E-state index < -0.39 is 59.9 Å². The van der Waals surface area contributed by atoms with E-state index in [9.17, 15) is 5.48 Å². The summed E-state index contributed by atoms with van der Waals surface area (Å²) < 4.78 is 97.3. The molecule has 0 atom stereocenters. The summed E-state index contributed by atoms with van der Waals surface area (Å²) in [4.78, 5) is 14.6. The van der Waals surface area contributed by atoms with Crippen LogP contribution in [0.1, 0.15) is 15.1 Å². The van der Waals surface area contributed by atoms with E-state index in [-0.39, 0.29) is 60.9 Å². The van der Waals surface area contributed by atoms with Crippen molar-refractivity contribution >= 4 is 31.5 Å². The van der Waals surface area contributed by atoms with Crippen LogP contribution in [0, 0.1) is 0 Å². The maximum Gasteiger partial charge on any atom is 0.164 e. The zero-order valence-corrected chi connectivity index (χ0v) is 26.5. The first-order valence-corrected chi connectivity index (χ1v) is 16.3. The maximum atomic E-state index is 9.56. The minimum Gasteiger partial charge on any atom is -0.208 e. The first-order chi connectivity index (χ1) is 28.8. The highest BCUT2D eigenvalue weighted by atomic mass is 32.1. The molecule has 0 aliphatic heterocycles. The second kappa shape index (κ2) is 12.4. The molecule has 49 heavy (non-hydrogen) atoms. The quantitative estimate of drug-likeness (QED) is 0.179. The van der Waals surface area contributed by atoms with Crippen molar-refractivity contribution in [2.45, 2.75) is 0 Å². The van der Waals surface area contributed by atoms with Crippen LogP contribution in [0.5, 0.6) is 0 Å². The Morgan fingerprint density at radius 2 is 0.898 bits per heavy atom. The topological polar surface area (TPSA) is 38.7 Å². The van der Waals surface area contributed by atoms with Gasteiger partial charge in [-0.15, -0.1) is 11.3 Å². The summed E-state index contributed by atoms with van der Waals surface area (Å²) in [5.74, 6) is 0.499. The molecule has 0 bridgehead atoms. The lowest BCUT2D eigenvalue weighted by Gasteiger charge is -2.11. The molecule has 0 spiro atoms. The van der Waals surface area contributed by atoms with Gasteiger partial charge in [-0.05, 0) is 63.6 Å². The Kier molecular flexibility index (Phi) is 4.96. The second-order valence-corrected chi connectivity index (χ2v) is 12.2. The number of hydrogen-bond donors (Lipinski definition) is 0. The van der Waals surface area contributed by atoms with Gasteiger partial charge >= 0.3 is 0 Å². The molecular weight excluding hydrogens is 615 g/mol. The lowest BCUT2D eigenvalue weighted by atomic mass is 10.0. The molecule has 0 unspecified atom stereocenters. The van der Waals surface area contributed by atoms with Crippen molar-refractivity contribution in [3.05, 3.63) is 176 Å². The molecule has 0 N–H and O–H groups in total. The monoisotopic (exact) mass is 654 g/mol. The Bertz CT molecular complexity index is 3100. The van der Waals surface area contributed by atoms with Crippen LogP contribution in [0.3, 0.4) is 0 Å². The van der Waals surface area contributed by atoms with Gasteiger partial charge in [0, 0.05) is 36.9 Å². The molecule has 0 aliphatic rings. The van der Waals surface area contributed by atoms with Crippen molar-refractivity contribution in [1.29, 1.82) is 0 Å². The molecule has 0 saturated heterocycles. The van der Waals surface area contributed by atoms with E-state index in [1.807, 2.05) is 109 Å². The summed E-state index contributed by atoms with van der Waals surface area (Å²) in [6.07, 6.45) is 0. The first kappa shape index (κ1) is 19.6. The van der Waals surface area contributed by atoms with Gasteiger partial charge < -0.3 is 0 Å². The summed E-state index contributed by atoms with van der Waals surface area (Å²) in [5.41, 5.74) is 4.23. The average molecular weight is 655 g/mol. The smallest absolute Gasteiger partial charge is 0.164 e. The first-order valence-electron chi connectivity index (χ1n) is 21.0. The second-order valence-electron chi connectivity index (χ2n) is 11.2. The van der Waals surface area contributed by atoms with Gasteiger partial charge in [-0.25, -0.2) is 15.0 Å². The molecule has 9 rings (SSSR count). The van der Waals surface area contributed by atoms with Crippen molar-refractivity contribution in [1.82, 2.24) is 15.0 Å². The van der Waals surface area contributed by atoms with Crippen molar-refractivity contribution in [3.8, 4) is 67.5 Å². The summed E-state index contributed by atoms with van der Waals surface area (Å²) in [5, 5.41) is -0.0228. The number of aromatic nitrogens is 3. The molecule has 0 amide bonds. The number of benzene rings is 7. The van der Waals surface area contributed by atoms with Crippen LogP contribution in [0.4, 0.5) is 0 Å². The molecular formula is C45H29N3S. The number of thiophene rings is 1. The van der Waals surface area contributed by atoms with Crippen LogP contribution in [0.25, 0.3) is 87.7 Å². The third-order valence-corrected chi connectivity index (χ3v) is 9.10. The summed E-state index contributed by atoms with van der Waals surface area (Å²) >= 11 is 0.909. The van der Waals surface area contributed by atoms with E-state index in [0.29, 0.717) is 11.1 Å². The Morgan fingerprint density at radius 3 is 1.51 bits per heavy atom. The molecule has 7 aromatic carbocycles. The van der Waals surface area contributed by atoms with E-state index in [1.165, 1.54) is 0 Å². The Labute approximate surface area is 304 Å². The molecule has 9 aromatic rings. The van der Waals surface area contributed by atoms with Gasteiger partial charge in [-0.1, -0.05) is 145 Å². The summed E-state index contributed by atoms with van der Waals surface area (Å²) in [6.45, 7) is 0. The van der Waals surface area contributed by atoms with Crippen LogP contribution in [0.15, 0.2) is 176 Å². The zero-order chi connectivity index (χ0) is 42.1. The van der Waals surface area contributed by atoms with Crippen molar-refractivity contribution < 1.29 is 15.1 Å². The highest BCUT2D eigenvalue weighted by Crippen LogP contribution is 2.38. The molecule has 230 valence electrons. The third-order valence-electron chi connectivity index (χ3n) is 8.08. The lowest BCUT2D eigenvalue weighted by molar-refractivity contribution is 1.07. The number of hydrogen-bond acceptors (Lipinski definition) is 4. The Hall–Kier alpha value is -6.23. The predicted octanol–water partition coefficient (Wildman–Crippen LogP) is 12.2. The fourth-order valence-electron chi connectivity index (χ4n) is 5.69. The SMILES string of the molecule is [2H]c1c([2H])c([2H])c(-c2c([2H])c([2H])c3sc4c([2H])c(-c5nc(-c6cccc(-c7ccccc7)c6)nc(-c6cccc(-c7ccccc7)c6)n5)c([2H])c([2H])c4c3c2[2H])c([2H])c1[2H]. The number of rotatable bonds is 6. The maximum absolute atomic E-state index is 9.56. The Morgan fingerprint density at radius 1 is 0.367 bits per heavy atom. The van der Waals surface area contributed by atoms with Gasteiger partial charge in [-0.3, -0.25) is 0 Å². The highest BCUT2D eigenvalue weighted by molar-refractivity contribution is 7.25. The Balaban J connectivity index is 1.30. The van der Waals surface area contributed by atoms with Gasteiger partial charge in [0.2, 0.25) is 0 Å². The van der Waals surface area contributed by atoms with Crippen LogP contribution < -0.4 is 0 Å². The third kappa shape index (κ3) is 5.69. The van der Waals surface area contributed by atoms with Gasteiger partial charge in [0.15, 0.2) is 17.5 Å². The normalized spacial score (nSPS) is 14.4. The highest BCUT2D eigenvalue weighted by Gasteiger charge is 2.16. The van der Waals surface area contributed by atoms with E-state index in [0.717, 1.165) is 33.6 Å². The molecule has 2 aromatic heterocycles. The van der Waals surface area contributed by atoms with E-state index >= 15 is 0 Å². The molecule has 0 aliphatic carbocycles. The molecule has 0 fully saturated rings. The van der Waals surface area contributed by atoms with Gasteiger partial charge in [0.25, 0.3) is 0 Å². The van der Waals surface area contributed by atoms with Crippen molar-refractivity contribution in [2.24, 2.45) is 0 Å². The van der Waals surface area contributed by atoms with Crippen LogP contribution >= 0.6 is 11.3 Å². The fraction of sp³-hybridized carbons (Fsp3) is 0. The van der Waals surface area contributed by atoms with Crippen LogP contribution in [0.2, 0.25) is 0 Å². The van der Waals surface area contributed by atoms with Crippen molar-refractivity contribution in [2.75, 3.05) is 0 Å². The molecule has 0 saturated carbocycles. The molecule has 0 radical (unpaired) electrons. The standard InChI is InChI=1S/C45H29N3S/c1-4-12-30(13-5-1)33-18-10-20-36(26-33)43-46-44(37-21-11-19-34(27-37)31-14-6-2-7-15-31)48-45(47-43)38-22-24-39-40-28-35(32-16-8-3-9-17-32)23-25-41(40)49-42(39)29-38/h1-29H/i3D,8D,9D,16D,17D,22D,23D,24D,25D,28D,29D. The predicted molar refractivity (Wildman–Crippen MR) is 205 cm³/mol. The van der Waals surface area contributed by atoms with Crippen LogP contribution in [-0.2, 0) is 0 Å². The summed E-state index contributed by atoms with van der Waals surface area (Å²) in [6, 6.07) is 29.3. The van der Waals surface area contributed by atoms with Crippen molar-refractivity contribution in [3.63, 3.8) is 0 Å².